The second-order valence-corrected chi connectivity index (χ2v) is 4.62. The Bertz CT molecular complexity index is 472. The van der Waals surface area contributed by atoms with E-state index in [1.807, 2.05) is 12.1 Å². The van der Waals surface area contributed by atoms with E-state index in [9.17, 15) is 4.79 Å². The number of nitrogens with zero attached hydrogens (tertiary/aromatic N) is 2. The van der Waals surface area contributed by atoms with Crippen molar-refractivity contribution in [1.29, 1.82) is 5.26 Å². The topological polar surface area (TPSA) is 44.1 Å². The van der Waals surface area contributed by atoms with Crippen LogP contribution in [0.2, 0.25) is 0 Å². The number of fused-ring (bicyclic) bond motifs is 1. The van der Waals surface area contributed by atoms with Crippen molar-refractivity contribution in [2.45, 2.75) is 25.9 Å². The van der Waals surface area contributed by atoms with Crippen molar-refractivity contribution in [3.63, 3.8) is 0 Å². The molecule has 0 N–H and O–H groups in total. The highest BCUT2D eigenvalue weighted by Crippen LogP contribution is 2.47. The maximum atomic E-state index is 12.1. The van der Waals surface area contributed by atoms with Gasteiger partial charge in [-0.3, -0.25) is 4.79 Å². The molecule has 0 bridgehead atoms. The van der Waals surface area contributed by atoms with Gasteiger partial charge in [-0.25, -0.2) is 0 Å². The van der Waals surface area contributed by atoms with Crippen molar-refractivity contribution >= 4 is 5.91 Å². The van der Waals surface area contributed by atoms with E-state index in [2.05, 4.69) is 18.2 Å². The zero-order valence-electron chi connectivity index (χ0n) is 8.94. The maximum absolute atomic E-state index is 12.1. The van der Waals surface area contributed by atoms with Crippen molar-refractivity contribution in [2.75, 3.05) is 0 Å². The molecule has 0 saturated heterocycles. The summed E-state index contributed by atoms with van der Waals surface area (Å²) in [5.41, 5.74) is 1.75. The highest BCUT2D eigenvalue weighted by Gasteiger charge is 2.53. The number of hydrogen-bond donors (Lipinski definition) is 0. The summed E-state index contributed by atoms with van der Waals surface area (Å²) in [6, 6.07) is 10.2. The molecule has 80 valence electrons. The average molecular weight is 212 g/mol. The predicted octanol–water partition coefficient (Wildman–Crippen LogP) is 1.83. The Morgan fingerprint density at radius 1 is 1.25 bits per heavy atom. The van der Waals surface area contributed by atoms with Crippen LogP contribution in [0.1, 0.15) is 24.0 Å². The lowest BCUT2D eigenvalue weighted by Crippen LogP contribution is -2.32. The highest BCUT2D eigenvalue weighted by atomic mass is 16.2. The molecule has 1 saturated carbocycles. The Hall–Kier alpha value is -1.82. The maximum Gasteiger partial charge on any atom is 0.243 e. The second kappa shape index (κ2) is 3.08. The molecule has 3 rings (SSSR count). The van der Waals surface area contributed by atoms with Gasteiger partial charge in [0.2, 0.25) is 5.91 Å². The summed E-state index contributed by atoms with van der Waals surface area (Å²) in [7, 11) is 0. The predicted molar refractivity (Wildman–Crippen MR) is 58.0 cm³/mol. The zero-order valence-corrected chi connectivity index (χ0v) is 8.94. The number of carbonyl (C=O) groups is 1. The minimum atomic E-state index is -0.679. The Kier molecular flexibility index (Phi) is 1.81. The van der Waals surface area contributed by atoms with E-state index in [0.29, 0.717) is 13.1 Å². The number of hydrogen-bond acceptors (Lipinski definition) is 2. The van der Waals surface area contributed by atoms with Crippen molar-refractivity contribution in [2.24, 2.45) is 5.41 Å². The SMILES string of the molecule is N#CC1(C(=O)N2Cc3ccccc3C2)CC1. The van der Waals surface area contributed by atoms with E-state index in [1.165, 1.54) is 11.1 Å². The Morgan fingerprint density at radius 3 is 2.25 bits per heavy atom. The van der Waals surface area contributed by atoms with Crippen LogP contribution in [-0.2, 0) is 17.9 Å². The van der Waals surface area contributed by atoms with Gasteiger partial charge in [0.1, 0.15) is 5.41 Å². The number of amides is 1. The summed E-state index contributed by atoms with van der Waals surface area (Å²) < 4.78 is 0. The number of nitriles is 1. The standard InChI is InChI=1S/C13H12N2O/c14-9-13(5-6-13)12(16)15-7-10-3-1-2-4-11(10)8-15/h1-4H,5-8H2. The molecule has 1 amide bonds. The average Bonchev–Trinajstić information content (AvgIpc) is 3.00. The lowest BCUT2D eigenvalue weighted by Gasteiger charge is -2.17. The van der Waals surface area contributed by atoms with Crippen LogP contribution in [0.4, 0.5) is 0 Å². The molecule has 1 aliphatic heterocycles. The van der Waals surface area contributed by atoms with Gasteiger partial charge in [0.05, 0.1) is 6.07 Å². The van der Waals surface area contributed by atoms with Crippen LogP contribution in [0.25, 0.3) is 0 Å². The summed E-state index contributed by atoms with van der Waals surface area (Å²) in [6.07, 6.45) is 1.46. The quantitative estimate of drug-likeness (QED) is 0.712. The molecule has 0 atom stereocenters. The van der Waals surface area contributed by atoms with Crippen molar-refractivity contribution < 1.29 is 4.79 Å². The first-order valence-corrected chi connectivity index (χ1v) is 5.53. The Morgan fingerprint density at radius 2 is 1.81 bits per heavy atom. The van der Waals surface area contributed by atoms with Crippen LogP contribution in [0.15, 0.2) is 24.3 Å². The van der Waals surface area contributed by atoms with Crippen LogP contribution < -0.4 is 0 Å². The minimum Gasteiger partial charge on any atom is -0.333 e. The molecule has 0 aromatic heterocycles. The van der Waals surface area contributed by atoms with Gasteiger partial charge in [-0.15, -0.1) is 0 Å². The van der Waals surface area contributed by atoms with Gasteiger partial charge in [-0.2, -0.15) is 5.26 Å². The molecule has 2 aliphatic rings. The Balaban J connectivity index is 1.82. The minimum absolute atomic E-state index is 0.0196. The molecule has 1 heterocycles. The fourth-order valence-corrected chi connectivity index (χ4v) is 2.28. The molecule has 1 fully saturated rings. The molecule has 1 aromatic rings. The van der Waals surface area contributed by atoms with Crippen LogP contribution in [0, 0.1) is 16.7 Å². The monoisotopic (exact) mass is 212 g/mol. The molecule has 3 nitrogen and oxygen atoms in total. The van der Waals surface area contributed by atoms with Gasteiger partial charge in [0, 0.05) is 13.1 Å². The summed E-state index contributed by atoms with van der Waals surface area (Å²) in [5.74, 6) is 0.0196. The van der Waals surface area contributed by atoms with Crippen LogP contribution >= 0.6 is 0 Å². The van der Waals surface area contributed by atoms with Gasteiger partial charge in [0.15, 0.2) is 0 Å². The molecule has 1 aromatic carbocycles. The lowest BCUT2D eigenvalue weighted by atomic mass is 10.1. The van der Waals surface area contributed by atoms with Crippen molar-refractivity contribution in [3.05, 3.63) is 35.4 Å². The van der Waals surface area contributed by atoms with Crippen molar-refractivity contribution in [3.8, 4) is 6.07 Å². The van der Waals surface area contributed by atoms with E-state index >= 15 is 0 Å². The van der Waals surface area contributed by atoms with Crippen LogP contribution in [-0.4, -0.2) is 10.8 Å². The van der Waals surface area contributed by atoms with Gasteiger partial charge in [0.25, 0.3) is 0 Å². The molecule has 0 unspecified atom stereocenters. The fourth-order valence-electron chi connectivity index (χ4n) is 2.28. The molecular weight excluding hydrogens is 200 g/mol. The third-order valence-electron chi connectivity index (χ3n) is 3.50. The molecule has 0 radical (unpaired) electrons. The molecule has 3 heteroatoms. The largest absolute Gasteiger partial charge is 0.333 e. The number of benzene rings is 1. The smallest absolute Gasteiger partial charge is 0.243 e. The number of rotatable bonds is 1. The van der Waals surface area contributed by atoms with E-state index < -0.39 is 5.41 Å². The lowest BCUT2D eigenvalue weighted by molar-refractivity contribution is -0.135. The van der Waals surface area contributed by atoms with E-state index in [4.69, 9.17) is 5.26 Å². The summed E-state index contributed by atoms with van der Waals surface area (Å²) in [4.78, 5) is 13.9. The third kappa shape index (κ3) is 1.23. The van der Waals surface area contributed by atoms with Crippen LogP contribution in [0.3, 0.4) is 0 Å². The van der Waals surface area contributed by atoms with Gasteiger partial charge >= 0.3 is 0 Å². The van der Waals surface area contributed by atoms with E-state index in [-0.39, 0.29) is 5.91 Å². The first kappa shape index (κ1) is 9.41. The normalized spacial score (nSPS) is 20.1. The van der Waals surface area contributed by atoms with E-state index in [1.54, 1.807) is 4.90 Å². The third-order valence-corrected chi connectivity index (χ3v) is 3.50. The van der Waals surface area contributed by atoms with Crippen molar-refractivity contribution in [1.82, 2.24) is 4.90 Å². The van der Waals surface area contributed by atoms with Crippen LogP contribution in [0.5, 0.6) is 0 Å². The summed E-state index contributed by atoms with van der Waals surface area (Å²) in [5, 5.41) is 9.01. The molecular formula is C13H12N2O. The first-order valence-electron chi connectivity index (χ1n) is 5.53. The number of carbonyl (C=O) groups excluding carboxylic acids is 1. The fraction of sp³-hybridized carbons (Fsp3) is 0.385. The first-order chi connectivity index (χ1) is 7.75. The Labute approximate surface area is 94.3 Å². The molecule has 1 aliphatic carbocycles. The van der Waals surface area contributed by atoms with E-state index in [0.717, 1.165) is 12.8 Å². The molecule has 0 spiro atoms. The second-order valence-electron chi connectivity index (χ2n) is 4.62. The van der Waals surface area contributed by atoms with Gasteiger partial charge in [-0.05, 0) is 24.0 Å². The molecule has 16 heavy (non-hydrogen) atoms. The van der Waals surface area contributed by atoms with Gasteiger partial charge in [-0.1, -0.05) is 24.3 Å². The summed E-state index contributed by atoms with van der Waals surface area (Å²) in [6.45, 7) is 1.33. The zero-order chi connectivity index (χ0) is 11.2. The highest BCUT2D eigenvalue weighted by molar-refractivity contribution is 5.88. The van der Waals surface area contributed by atoms with Gasteiger partial charge < -0.3 is 4.90 Å². The summed E-state index contributed by atoms with van der Waals surface area (Å²) >= 11 is 0.